The van der Waals surface area contributed by atoms with Crippen molar-refractivity contribution in [3.05, 3.63) is 36.4 Å². The van der Waals surface area contributed by atoms with Gasteiger partial charge in [-0.3, -0.25) is 4.79 Å². The molecule has 0 aromatic heterocycles. The van der Waals surface area contributed by atoms with Gasteiger partial charge in [-0.25, -0.2) is 0 Å². The van der Waals surface area contributed by atoms with Crippen molar-refractivity contribution in [2.24, 2.45) is 11.8 Å². The van der Waals surface area contributed by atoms with Crippen LogP contribution in [0.1, 0.15) is 19.3 Å². The Kier molecular flexibility index (Phi) is 2.63. The standard InChI is InChI=1S/C20H18O6/c21-11-7-8-19(23)18-17(11)12(22)9-15(26-19)20(18)24-13-5-1-3-10-4-2-6-14(25-20)16(10)13/h1-6,11,15,17-18,21,23H,7-9H2/t11-,15?,17+,18-,19?/m1/s1. The molecule has 6 nitrogen and oxygen atoms in total. The molecule has 134 valence electrons. The van der Waals surface area contributed by atoms with E-state index in [1.54, 1.807) is 0 Å². The van der Waals surface area contributed by atoms with Crippen molar-refractivity contribution in [2.75, 3.05) is 0 Å². The van der Waals surface area contributed by atoms with Crippen molar-refractivity contribution < 1.29 is 29.2 Å². The van der Waals surface area contributed by atoms with Gasteiger partial charge in [0.05, 0.1) is 17.4 Å². The summed E-state index contributed by atoms with van der Waals surface area (Å²) in [5.41, 5.74) is 0. The van der Waals surface area contributed by atoms with Gasteiger partial charge < -0.3 is 24.4 Å². The Bertz CT molecular complexity index is 914. The van der Waals surface area contributed by atoms with E-state index in [4.69, 9.17) is 14.2 Å². The summed E-state index contributed by atoms with van der Waals surface area (Å²) < 4.78 is 18.6. The Morgan fingerprint density at radius 1 is 1.08 bits per heavy atom. The van der Waals surface area contributed by atoms with Gasteiger partial charge in [0.25, 0.3) is 5.79 Å². The lowest BCUT2D eigenvalue weighted by molar-refractivity contribution is -0.247. The second-order valence-corrected chi connectivity index (χ2v) is 7.77. The van der Waals surface area contributed by atoms with Gasteiger partial charge in [-0.2, -0.15) is 0 Å². The Morgan fingerprint density at radius 2 is 1.77 bits per heavy atom. The van der Waals surface area contributed by atoms with E-state index in [-0.39, 0.29) is 18.6 Å². The molecule has 2 saturated carbocycles. The van der Waals surface area contributed by atoms with Crippen LogP contribution in [0.15, 0.2) is 36.4 Å². The smallest absolute Gasteiger partial charge is 0.286 e. The summed E-state index contributed by atoms with van der Waals surface area (Å²) in [6, 6.07) is 11.5. The summed E-state index contributed by atoms with van der Waals surface area (Å²) in [7, 11) is 0. The maximum atomic E-state index is 12.6. The second kappa shape index (κ2) is 4.57. The molecule has 2 aliphatic carbocycles. The number of ketones is 1. The van der Waals surface area contributed by atoms with Crippen LogP contribution in [0, 0.1) is 11.8 Å². The largest absolute Gasteiger partial charge is 0.448 e. The van der Waals surface area contributed by atoms with Gasteiger partial charge in [0.1, 0.15) is 29.3 Å². The van der Waals surface area contributed by atoms with Crippen LogP contribution in [-0.2, 0) is 9.53 Å². The lowest BCUT2D eigenvalue weighted by Crippen LogP contribution is -2.67. The van der Waals surface area contributed by atoms with Gasteiger partial charge in [-0.15, -0.1) is 0 Å². The molecule has 2 aromatic carbocycles. The Labute approximate surface area is 149 Å². The van der Waals surface area contributed by atoms with E-state index >= 15 is 0 Å². The number of carbonyl (C=O) groups excluding carboxylic acids is 1. The quantitative estimate of drug-likeness (QED) is 0.750. The number of aliphatic hydroxyl groups excluding tert-OH is 1. The van der Waals surface area contributed by atoms with Crippen LogP contribution in [0.2, 0.25) is 0 Å². The number of ether oxygens (including phenoxy) is 3. The highest BCUT2D eigenvalue weighted by atomic mass is 16.8. The van der Waals surface area contributed by atoms with Crippen molar-refractivity contribution >= 4 is 16.6 Å². The third-order valence-electron chi connectivity index (χ3n) is 6.41. The van der Waals surface area contributed by atoms with Gasteiger partial charge in [-0.05, 0) is 23.9 Å². The molecule has 0 amide bonds. The molecule has 0 radical (unpaired) electrons. The van der Waals surface area contributed by atoms with Crippen LogP contribution < -0.4 is 9.47 Å². The molecule has 1 saturated heterocycles. The summed E-state index contributed by atoms with van der Waals surface area (Å²) in [6.07, 6.45) is -0.918. The molecule has 2 unspecified atom stereocenters. The first-order valence-electron chi connectivity index (χ1n) is 9.03. The SMILES string of the molecule is O=C1CC2OC3(O)CC[C@@H](O)[C@@H]1[C@H]3C21Oc2cccc3cccc(c23)O1. The van der Waals surface area contributed by atoms with Gasteiger partial charge in [-0.1, -0.05) is 24.3 Å². The fourth-order valence-corrected chi connectivity index (χ4v) is 5.39. The molecule has 6 heteroatoms. The van der Waals surface area contributed by atoms with Crippen molar-refractivity contribution in [1.82, 2.24) is 0 Å². The van der Waals surface area contributed by atoms with Crippen molar-refractivity contribution in [1.29, 1.82) is 0 Å². The zero-order valence-corrected chi connectivity index (χ0v) is 13.9. The van der Waals surface area contributed by atoms with Gasteiger partial charge >= 0.3 is 0 Å². The maximum absolute atomic E-state index is 12.6. The fourth-order valence-electron chi connectivity index (χ4n) is 5.39. The number of rotatable bonds is 0. The van der Waals surface area contributed by atoms with E-state index in [1.807, 2.05) is 36.4 Å². The minimum atomic E-state index is -1.53. The molecule has 2 aliphatic heterocycles. The molecule has 2 bridgehead atoms. The maximum Gasteiger partial charge on any atom is 0.286 e. The number of hydrogen-bond donors (Lipinski definition) is 2. The average molecular weight is 354 g/mol. The number of aliphatic hydroxyl groups is 2. The molecule has 26 heavy (non-hydrogen) atoms. The van der Waals surface area contributed by atoms with Crippen LogP contribution in [0.25, 0.3) is 10.8 Å². The van der Waals surface area contributed by atoms with E-state index in [2.05, 4.69) is 0 Å². The summed E-state index contributed by atoms with van der Waals surface area (Å²) in [5.74, 6) is -3.16. The van der Waals surface area contributed by atoms with Crippen LogP contribution >= 0.6 is 0 Å². The highest BCUT2D eigenvalue weighted by Crippen LogP contribution is 2.60. The fraction of sp³-hybridized carbons (Fsp3) is 0.450. The van der Waals surface area contributed by atoms with Crippen LogP contribution in [0.5, 0.6) is 11.5 Å². The number of benzene rings is 2. The monoisotopic (exact) mass is 354 g/mol. The molecule has 2 heterocycles. The van der Waals surface area contributed by atoms with Gasteiger partial charge in [0.2, 0.25) is 0 Å². The summed E-state index contributed by atoms with van der Waals surface area (Å²) >= 11 is 0. The molecule has 3 fully saturated rings. The molecule has 2 aromatic rings. The molecule has 5 atom stereocenters. The van der Waals surface area contributed by atoms with Crippen LogP contribution in [0.4, 0.5) is 0 Å². The van der Waals surface area contributed by atoms with Crippen molar-refractivity contribution in [2.45, 2.75) is 43.0 Å². The van der Waals surface area contributed by atoms with E-state index in [1.165, 1.54) is 0 Å². The first kappa shape index (κ1) is 15.0. The minimum Gasteiger partial charge on any atom is -0.448 e. The first-order chi connectivity index (χ1) is 12.5. The van der Waals surface area contributed by atoms with E-state index in [9.17, 15) is 15.0 Å². The Balaban J connectivity index is 1.57. The predicted octanol–water partition coefficient (Wildman–Crippen LogP) is 1.75. The summed E-state index contributed by atoms with van der Waals surface area (Å²) in [6.45, 7) is 0. The normalized spacial score (nSPS) is 38.9. The molecule has 1 spiro atoms. The average Bonchev–Trinajstić information content (AvgIpc) is 2.78. The third kappa shape index (κ3) is 1.61. The van der Waals surface area contributed by atoms with Crippen molar-refractivity contribution in [3.8, 4) is 11.5 Å². The number of hydrogen-bond acceptors (Lipinski definition) is 6. The highest BCUT2D eigenvalue weighted by Gasteiger charge is 2.76. The molecule has 4 aliphatic rings. The van der Waals surface area contributed by atoms with E-state index in [0.717, 1.165) is 10.8 Å². The number of Topliss-reactive ketones (excluding diaryl/α,β-unsaturated/α-hetero) is 1. The second-order valence-electron chi connectivity index (χ2n) is 7.77. The van der Waals surface area contributed by atoms with E-state index in [0.29, 0.717) is 17.9 Å². The lowest BCUT2D eigenvalue weighted by Gasteiger charge is -2.50. The summed E-state index contributed by atoms with van der Waals surface area (Å²) in [5, 5.41) is 23.5. The predicted molar refractivity (Wildman–Crippen MR) is 89.6 cm³/mol. The molecular formula is C20H18O6. The van der Waals surface area contributed by atoms with Crippen LogP contribution in [-0.4, -0.2) is 39.8 Å². The van der Waals surface area contributed by atoms with E-state index < -0.39 is 35.6 Å². The highest BCUT2D eigenvalue weighted by molar-refractivity contribution is 5.94. The Hall–Kier alpha value is -2.15. The first-order valence-corrected chi connectivity index (χ1v) is 9.03. The van der Waals surface area contributed by atoms with Gasteiger partial charge in [0.15, 0.2) is 5.79 Å². The number of carbonyl (C=O) groups is 1. The zero-order valence-electron chi connectivity index (χ0n) is 13.9. The zero-order chi connectivity index (χ0) is 17.7. The lowest BCUT2D eigenvalue weighted by atomic mass is 9.64. The summed E-state index contributed by atoms with van der Waals surface area (Å²) in [4.78, 5) is 12.6. The molecule has 2 N–H and O–H groups in total. The molecular weight excluding hydrogens is 336 g/mol. The van der Waals surface area contributed by atoms with Crippen molar-refractivity contribution in [3.63, 3.8) is 0 Å². The Morgan fingerprint density at radius 3 is 2.46 bits per heavy atom. The third-order valence-corrected chi connectivity index (χ3v) is 6.41. The minimum absolute atomic E-state index is 0.0542. The topological polar surface area (TPSA) is 85.2 Å². The van der Waals surface area contributed by atoms with Gasteiger partial charge in [0, 0.05) is 12.8 Å². The van der Waals surface area contributed by atoms with Crippen LogP contribution in [0.3, 0.4) is 0 Å². The molecule has 6 rings (SSSR count).